The number of hydrogen-bond acceptors (Lipinski definition) is 6. The molecule has 0 radical (unpaired) electrons. The van der Waals surface area contributed by atoms with Crippen LogP contribution in [0.5, 0.6) is 0 Å². The highest BCUT2D eigenvalue weighted by molar-refractivity contribution is 5.84. The summed E-state index contributed by atoms with van der Waals surface area (Å²) in [6.45, 7) is 5.55. The van der Waals surface area contributed by atoms with Crippen LogP contribution < -0.4 is 0 Å². The number of nitrogens with zero attached hydrogens (tertiary/aromatic N) is 4. The van der Waals surface area contributed by atoms with Crippen LogP contribution in [0.4, 0.5) is 0 Å². The third-order valence-corrected chi connectivity index (χ3v) is 2.24. The van der Waals surface area contributed by atoms with Gasteiger partial charge in [0.1, 0.15) is 12.1 Å². The Morgan fingerprint density at radius 2 is 2.24 bits per heavy atom. The predicted octanol–water partition coefficient (Wildman–Crippen LogP) is 1.01. The molecule has 1 N–H and O–H groups in total. The lowest BCUT2D eigenvalue weighted by Crippen LogP contribution is -2.22. The van der Waals surface area contributed by atoms with Crippen molar-refractivity contribution < 1.29 is 9.32 Å². The zero-order valence-electron chi connectivity index (χ0n) is 9.89. The Balaban J connectivity index is 2.12. The fourth-order valence-electron chi connectivity index (χ4n) is 1.14. The standard InChI is InChI=1S/C10H13N5O2/c1-10(2,3)6(16)4-7-13-9(15-17-7)8-11-5-12-14-8/h5H,4H2,1-3H3,(H,11,12,14). The van der Waals surface area contributed by atoms with E-state index < -0.39 is 5.41 Å². The number of nitrogens with one attached hydrogen (secondary N) is 1. The molecule has 0 aliphatic carbocycles. The van der Waals surface area contributed by atoms with Crippen LogP contribution >= 0.6 is 0 Å². The van der Waals surface area contributed by atoms with Crippen molar-refractivity contribution in [2.75, 3.05) is 0 Å². The molecule has 7 heteroatoms. The monoisotopic (exact) mass is 235 g/mol. The van der Waals surface area contributed by atoms with E-state index in [9.17, 15) is 4.79 Å². The summed E-state index contributed by atoms with van der Waals surface area (Å²) >= 11 is 0. The van der Waals surface area contributed by atoms with Crippen LogP contribution in [0.1, 0.15) is 26.7 Å². The third kappa shape index (κ3) is 2.55. The number of hydrogen-bond donors (Lipinski definition) is 1. The molecule has 0 aliphatic rings. The molecule has 2 aromatic rings. The van der Waals surface area contributed by atoms with Crippen LogP contribution in [-0.4, -0.2) is 31.1 Å². The van der Waals surface area contributed by atoms with Gasteiger partial charge in [0, 0.05) is 5.41 Å². The molecule has 0 spiro atoms. The minimum absolute atomic E-state index is 0.0465. The molecular formula is C10H13N5O2. The highest BCUT2D eigenvalue weighted by atomic mass is 16.5. The number of carbonyl (C=O) groups is 1. The Morgan fingerprint density at radius 3 is 2.82 bits per heavy atom. The summed E-state index contributed by atoms with van der Waals surface area (Å²) in [7, 11) is 0. The van der Waals surface area contributed by atoms with E-state index in [0.29, 0.717) is 11.6 Å². The summed E-state index contributed by atoms with van der Waals surface area (Å²) in [4.78, 5) is 19.7. The van der Waals surface area contributed by atoms with E-state index in [2.05, 4.69) is 25.3 Å². The largest absolute Gasteiger partial charge is 0.338 e. The average molecular weight is 235 g/mol. The van der Waals surface area contributed by atoms with E-state index in [1.807, 2.05) is 20.8 Å². The van der Waals surface area contributed by atoms with E-state index in [-0.39, 0.29) is 18.1 Å². The molecule has 2 aromatic heterocycles. The van der Waals surface area contributed by atoms with Gasteiger partial charge in [-0.25, -0.2) is 4.98 Å². The summed E-state index contributed by atoms with van der Waals surface area (Å²) < 4.78 is 4.98. The van der Waals surface area contributed by atoms with Crippen LogP contribution in [0.15, 0.2) is 10.9 Å². The van der Waals surface area contributed by atoms with Crippen molar-refractivity contribution in [1.82, 2.24) is 25.3 Å². The quantitative estimate of drug-likeness (QED) is 0.852. The molecule has 2 heterocycles. The topological polar surface area (TPSA) is 97.6 Å². The maximum atomic E-state index is 11.8. The second-order valence-corrected chi connectivity index (χ2v) is 4.70. The fraction of sp³-hybridized carbons (Fsp3) is 0.500. The smallest absolute Gasteiger partial charge is 0.239 e. The maximum Gasteiger partial charge on any atom is 0.239 e. The first kappa shape index (κ1) is 11.4. The highest BCUT2D eigenvalue weighted by Crippen LogP contribution is 2.18. The first-order valence-electron chi connectivity index (χ1n) is 5.18. The van der Waals surface area contributed by atoms with Crippen molar-refractivity contribution in [3.8, 4) is 11.6 Å². The molecule has 0 aromatic carbocycles. The van der Waals surface area contributed by atoms with Crippen molar-refractivity contribution in [2.45, 2.75) is 27.2 Å². The van der Waals surface area contributed by atoms with Crippen LogP contribution in [0.3, 0.4) is 0 Å². The second kappa shape index (κ2) is 4.08. The van der Waals surface area contributed by atoms with Crippen molar-refractivity contribution in [1.29, 1.82) is 0 Å². The van der Waals surface area contributed by atoms with Crippen LogP contribution in [0.25, 0.3) is 11.6 Å². The summed E-state index contributed by atoms with van der Waals surface area (Å²) in [6, 6.07) is 0. The fourth-order valence-corrected chi connectivity index (χ4v) is 1.14. The number of aromatic nitrogens is 5. The van der Waals surface area contributed by atoms with Gasteiger partial charge in [-0.3, -0.25) is 9.89 Å². The number of rotatable bonds is 3. The van der Waals surface area contributed by atoms with Gasteiger partial charge in [-0.2, -0.15) is 10.1 Å². The molecular weight excluding hydrogens is 222 g/mol. The van der Waals surface area contributed by atoms with Crippen molar-refractivity contribution in [2.24, 2.45) is 5.41 Å². The first-order chi connectivity index (χ1) is 7.97. The van der Waals surface area contributed by atoms with Gasteiger partial charge in [0.25, 0.3) is 0 Å². The Morgan fingerprint density at radius 1 is 1.47 bits per heavy atom. The van der Waals surface area contributed by atoms with Gasteiger partial charge >= 0.3 is 0 Å². The zero-order valence-corrected chi connectivity index (χ0v) is 9.89. The van der Waals surface area contributed by atoms with Crippen molar-refractivity contribution >= 4 is 5.78 Å². The Hall–Kier alpha value is -2.05. The first-order valence-corrected chi connectivity index (χ1v) is 5.18. The molecule has 17 heavy (non-hydrogen) atoms. The van der Waals surface area contributed by atoms with Gasteiger partial charge in [0.15, 0.2) is 5.82 Å². The molecule has 0 atom stereocenters. The lowest BCUT2D eigenvalue weighted by molar-refractivity contribution is -0.125. The van der Waals surface area contributed by atoms with E-state index in [0.717, 1.165) is 0 Å². The molecule has 0 saturated heterocycles. The van der Waals surface area contributed by atoms with Gasteiger partial charge in [0.05, 0.1) is 6.42 Å². The molecule has 2 rings (SSSR count). The van der Waals surface area contributed by atoms with E-state index in [1.54, 1.807) is 0 Å². The van der Waals surface area contributed by atoms with Crippen LogP contribution in [0.2, 0.25) is 0 Å². The minimum Gasteiger partial charge on any atom is -0.338 e. The normalized spacial score (nSPS) is 11.7. The molecule has 0 aliphatic heterocycles. The number of carbonyl (C=O) groups excluding carboxylic acids is 1. The Labute approximate surface area is 97.6 Å². The number of Topliss-reactive ketones (excluding diaryl/α,β-unsaturated/α-hetero) is 1. The maximum absolute atomic E-state index is 11.8. The number of aromatic amines is 1. The minimum atomic E-state index is -0.416. The molecule has 0 amide bonds. The molecule has 7 nitrogen and oxygen atoms in total. The van der Waals surface area contributed by atoms with Gasteiger partial charge in [-0.15, -0.1) is 0 Å². The molecule has 0 unspecified atom stereocenters. The van der Waals surface area contributed by atoms with E-state index in [1.165, 1.54) is 6.33 Å². The third-order valence-electron chi connectivity index (χ3n) is 2.24. The van der Waals surface area contributed by atoms with Crippen LogP contribution in [-0.2, 0) is 11.2 Å². The van der Waals surface area contributed by atoms with Gasteiger partial charge in [-0.05, 0) is 0 Å². The number of ketones is 1. The predicted molar refractivity (Wildman–Crippen MR) is 57.8 cm³/mol. The average Bonchev–Trinajstić information content (AvgIpc) is 2.83. The molecule has 0 fully saturated rings. The van der Waals surface area contributed by atoms with Gasteiger partial charge in [-0.1, -0.05) is 25.9 Å². The molecule has 90 valence electrons. The molecule has 0 bridgehead atoms. The number of H-pyrrole nitrogens is 1. The van der Waals surface area contributed by atoms with E-state index in [4.69, 9.17) is 4.52 Å². The summed E-state index contributed by atoms with van der Waals surface area (Å²) in [5.41, 5.74) is -0.416. The van der Waals surface area contributed by atoms with Gasteiger partial charge < -0.3 is 4.52 Å². The van der Waals surface area contributed by atoms with Crippen molar-refractivity contribution in [3.63, 3.8) is 0 Å². The summed E-state index contributed by atoms with van der Waals surface area (Å²) in [5, 5.41) is 10.0. The van der Waals surface area contributed by atoms with Crippen LogP contribution in [0, 0.1) is 5.41 Å². The summed E-state index contributed by atoms with van der Waals surface area (Å²) in [5.74, 6) is 1.06. The van der Waals surface area contributed by atoms with E-state index >= 15 is 0 Å². The highest BCUT2D eigenvalue weighted by Gasteiger charge is 2.24. The Kier molecular flexibility index (Phi) is 2.74. The Bertz CT molecular complexity index is 509. The van der Waals surface area contributed by atoms with Gasteiger partial charge in [0.2, 0.25) is 11.7 Å². The molecule has 0 saturated carbocycles. The SMILES string of the molecule is CC(C)(C)C(=O)Cc1nc(-c2ncn[nH]2)no1. The van der Waals surface area contributed by atoms with Crippen molar-refractivity contribution in [3.05, 3.63) is 12.2 Å². The summed E-state index contributed by atoms with van der Waals surface area (Å²) in [6.07, 6.45) is 1.48. The lowest BCUT2D eigenvalue weighted by Gasteiger charge is -2.14. The zero-order chi connectivity index (χ0) is 12.5. The second-order valence-electron chi connectivity index (χ2n) is 4.70. The lowest BCUT2D eigenvalue weighted by atomic mass is 9.89.